The van der Waals surface area contributed by atoms with Crippen LogP contribution >= 0.6 is 0 Å². The molecule has 2 aliphatic heterocycles. The van der Waals surface area contributed by atoms with Gasteiger partial charge in [-0.1, -0.05) is 12.1 Å². The van der Waals surface area contributed by atoms with Crippen LogP contribution in [0.25, 0.3) is 0 Å². The topological polar surface area (TPSA) is 102 Å². The first-order chi connectivity index (χ1) is 10.1. The number of phenolic OH excluding ortho intramolecular Hbond substituents is 1. The lowest BCUT2D eigenvalue weighted by molar-refractivity contribution is -0.126. The SMILES string of the molecule is O=C1NC2=C(C(=O)N(CCO)C2)C(c2ccc(O)cc2)N1. The van der Waals surface area contributed by atoms with Crippen molar-refractivity contribution in [3.8, 4) is 5.75 Å². The third kappa shape index (κ3) is 2.31. The van der Waals surface area contributed by atoms with E-state index in [2.05, 4.69) is 10.6 Å². The number of amides is 3. The van der Waals surface area contributed by atoms with Crippen molar-refractivity contribution >= 4 is 11.9 Å². The molecule has 1 unspecified atom stereocenters. The largest absolute Gasteiger partial charge is 0.508 e. The van der Waals surface area contributed by atoms with Crippen molar-refractivity contribution in [2.24, 2.45) is 0 Å². The number of aliphatic hydroxyl groups is 1. The highest BCUT2D eigenvalue weighted by Gasteiger charge is 2.39. The van der Waals surface area contributed by atoms with Gasteiger partial charge in [0.1, 0.15) is 5.75 Å². The zero-order chi connectivity index (χ0) is 15.0. The van der Waals surface area contributed by atoms with Gasteiger partial charge in [0.2, 0.25) is 0 Å². The average Bonchev–Trinajstić information content (AvgIpc) is 2.76. The number of carbonyl (C=O) groups excluding carboxylic acids is 2. The lowest BCUT2D eigenvalue weighted by Gasteiger charge is -2.25. The number of β-amino-alcohol motifs (C(OH)–C–C–N with tert-alkyl or cyclic N) is 1. The summed E-state index contributed by atoms with van der Waals surface area (Å²) in [5.74, 6) is -0.0857. The smallest absolute Gasteiger partial charge is 0.319 e. The highest BCUT2D eigenvalue weighted by atomic mass is 16.3. The van der Waals surface area contributed by atoms with E-state index in [1.165, 1.54) is 17.0 Å². The van der Waals surface area contributed by atoms with E-state index in [-0.39, 0.29) is 37.4 Å². The third-order valence-electron chi connectivity index (χ3n) is 3.62. The van der Waals surface area contributed by atoms with Gasteiger partial charge in [-0.2, -0.15) is 0 Å². The molecule has 2 aliphatic rings. The fourth-order valence-corrected chi connectivity index (χ4v) is 2.65. The molecule has 0 saturated carbocycles. The Hall–Kier alpha value is -2.54. The Balaban J connectivity index is 1.96. The maximum atomic E-state index is 12.4. The molecule has 0 saturated heterocycles. The number of rotatable bonds is 3. The zero-order valence-electron chi connectivity index (χ0n) is 11.2. The molecule has 0 fully saturated rings. The van der Waals surface area contributed by atoms with Gasteiger partial charge in [-0.25, -0.2) is 4.79 Å². The standard InChI is InChI=1S/C14H15N3O4/c18-6-5-17-7-10-11(13(17)20)12(16-14(21)15-10)8-1-3-9(19)4-2-8/h1-4,12,18-19H,5-7H2,(H2,15,16,21). The van der Waals surface area contributed by atoms with E-state index < -0.39 is 6.04 Å². The highest BCUT2D eigenvalue weighted by molar-refractivity contribution is 6.01. The number of nitrogens with zero attached hydrogens (tertiary/aromatic N) is 1. The molecule has 7 nitrogen and oxygen atoms in total. The number of hydrogen-bond acceptors (Lipinski definition) is 4. The van der Waals surface area contributed by atoms with Gasteiger partial charge in [-0.15, -0.1) is 0 Å². The zero-order valence-corrected chi connectivity index (χ0v) is 11.2. The molecule has 3 amide bonds. The van der Waals surface area contributed by atoms with Crippen LogP contribution in [0.5, 0.6) is 5.75 Å². The highest BCUT2D eigenvalue weighted by Crippen LogP contribution is 2.32. The van der Waals surface area contributed by atoms with Crippen molar-refractivity contribution < 1.29 is 19.8 Å². The second-order valence-electron chi connectivity index (χ2n) is 4.97. The number of aliphatic hydroxyl groups excluding tert-OH is 1. The summed E-state index contributed by atoms with van der Waals surface area (Å²) in [6.07, 6.45) is 0. The lowest BCUT2D eigenvalue weighted by Crippen LogP contribution is -2.44. The Morgan fingerprint density at radius 1 is 1.24 bits per heavy atom. The second kappa shape index (κ2) is 5.10. The molecule has 0 bridgehead atoms. The van der Waals surface area contributed by atoms with Crippen LogP contribution in [0.1, 0.15) is 11.6 Å². The quantitative estimate of drug-likeness (QED) is 0.620. The van der Waals surface area contributed by atoms with Gasteiger partial charge in [0.25, 0.3) is 5.91 Å². The average molecular weight is 289 g/mol. The summed E-state index contributed by atoms with van der Waals surface area (Å²) in [7, 11) is 0. The van der Waals surface area contributed by atoms with Crippen LogP contribution in [0.4, 0.5) is 4.79 Å². The van der Waals surface area contributed by atoms with Gasteiger partial charge < -0.3 is 25.7 Å². The maximum Gasteiger partial charge on any atom is 0.319 e. The first-order valence-electron chi connectivity index (χ1n) is 6.60. The number of hydrogen-bond donors (Lipinski definition) is 4. The molecule has 1 aromatic rings. The summed E-state index contributed by atoms with van der Waals surface area (Å²) >= 11 is 0. The van der Waals surface area contributed by atoms with Crippen molar-refractivity contribution in [1.29, 1.82) is 0 Å². The molecule has 7 heteroatoms. The van der Waals surface area contributed by atoms with Crippen LogP contribution in [0, 0.1) is 0 Å². The Morgan fingerprint density at radius 2 is 1.95 bits per heavy atom. The minimum atomic E-state index is -0.550. The predicted molar refractivity (Wildman–Crippen MR) is 73.2 cm³/mol. The van der Waals surface area contributed by atoms with Gasteiger partial charge in [-0.05, 0) is 17.7 Å². The molecule has 1 aromatic carbocycles. The second-order valence-corrected chi connectivity index (χ2v) is 4.97. The molecule has 0 radical (unpaired) electrons. The van der Waals surface area contributed by atoms with Gasteiger partial charge >= 0.3 is 6.03 Å². The van der Waals surface area contributed by atoms with Gasteiger partial charge in [0, 0.05) is 6.54 Å². The Morgan fingerprint density at radius 3 is 2.62 bits per heavy atom. The van der Waals surface area contributed by atoms with Crippen molar-refractivity contribution in [2.45, 2.75) is 6.04 Å². The first kappa shape index (κ1) is 13.4. The normalized spacial score (nSPS) is 21.2. The number of nitrogens with one attached hydrogen (secondary N) is 2. The van der Waals surface area contributed by atoms with Crippen LogP contribution in [0.3, 0.4) is 0 Å². The molecule has 3 rings (SSSR count). The monoisotopic (exact) mass is 289 g/mol. The Labute approximate surface area is 120 Å². The number of phenols is 1. The fraction of sp³-hybridized carbons (Fsp3) is 0.286. The summed E-state index contributed by atoms with van der Waals surface area (Å²) in [6, 6.07) is 5.43. The molecular weight excluding hydrogens is 274 g/mol. The minimum Gasteiger partial charge on any atom is -0.508 e. The number of aromatic hydroxyl groups is 1. The van der Waals surface area contributed by atoms with Crippen molar-refractivity contribution in [3.63, 3.8) is 0 Å². The van der Waals surface area contributed by atoms with E-state index in [0.29, 0.717) is 16.8 Å². The molecule has 0 aliphatic carbocycles. The van der Waals surface area contributed by atoms with E-state index in [9.17, 15) is 14.7 Å². The Kier molecular flexibility index (Phi) is 3.26. The first-order valence-corrected chi connectivity index (χ1v) is 6.60. The van der Waals surface area contributed by atoms with Gasteiger partial charge in [0.05, 0.1) is 30.5 Å². The molecule has 21 heavy (non-hydrogen) atoms. The van der Waals surface area contributed by atoms with Crippen molar-refractivity contribution in [2.75, 3.05) is 19.7 Å². The summed E-state index contributed by atoms with van der Waals surface area (Å²) in [4.78, 5) is 25.6. The summed E-state index contributed by atoms with van der Waals surface area (Å²) in [5.41, 5.74) is 1.76. The number of urea groups is 1. The Bertz CT molecular complexity index is 624. The molecule has 110 valence electrons. The molecule has 0 aromatic heterocycles. The fourth-order valence-electron chi connectivity index (χ4n) is 2.65. The minimum absolute atomic E-state index is 0.118. The van der Waals surface area contributed by atoms with E-state index in [1.54, 1.807) is 12.1 Å². The number of benzene rings is 1. The predicted octanol–water partition coefficient (Wildman–Crippen LogP) is -0.165. The van der Waals surface area contributed by atoms with Crippen LogP contribution < -0.4 is 10.6 Å². The summed E-state index contributed by atoms with van der Waals surface area (Å²) < 4.78 is 0. The summed E-state index contributed by atoms with van der Waals surface area (Å²) in [6.45, 7) is 0.387. The van der Waals surface area contributed by atoms with Gasteiger partial charge in [-0.3, -0.25) is 4.79 Å². The molecule has 1 atom stereocenters. The molecule has 4 N–H and O–H groups in total. The van der Waals surface area contributed by atoms with Crippen molar-refractivity contribution in [1.82, 2.24) is 15.5 Å². The van der Waals surface area contributed by atoms with Crippen LogP contribution in [0.2, 0.25) is 0 Å². The van der Waals surface area contributed by atoms with E-state index >= 15 is 0 Å². The van der Waals surface area contributed by atoms with Crippen molar-refractivity contribution in [3.05, 3.63) is 41.1 Å². The van der Waals surface area contributed by atoms with Crippen LogP contribution in [-0.4, -0.2) is 46.7 Å². The third-order valence-corrected chi connectivity index (χ3v) is 3.62. The lowest BCUT2D eigenvalue weighted by atomic mass is 9.96. The molecule has 2 heterocycles. The van der Waals surface area contributed by atoms with E-state index in [1.807, 2.05) is 0 Å². The van der Waals surface area contributed by atoms with Crippen LogP contribution in [-0.2, 0) is 4.79 Å². The van der Waals surface area contributed by atoms with Crippen LogP contribution in [0.15, 0.2) is 35.5 Å². The number of carbonyl (C=O) groups is 2. The molecule has 0 spiro atoms. The van der Waals surface area contributed by atoms with E-state index in [0.717, 1.165) is 0 Å². The summed E-state index contributed by atoms with van der Waals surface area (Å²) in [5, 5.41) is 23.7. The van der Waals surface area contributed by atoms with Gasteiger partial charge in [0.15, 0.2) is 0 Å². The maximum absolute atomic E-state index is 12.4. The van der Waals surface area contributed by atoms with E-state index in [4.69, 9.17) is 5.11 Å². The molecular formula is C14H15N3O4.